The zero-order valence-electron chi connectivity index (χ0n) is 11.1. The van der Waals surface area contributed by atoms with Crippen molar-refractivity contribution in [2.45, 2.75) is 4.90 Å². The lowest BCUT2D eigenvalue weighted by atomic mass is 10.3. The number of rotatable bonds is 3. The molecule has 0 aliphatic carbocycles. The summed E-state index contributed by atoms with van der Waals surface area (Å²) in [6.45, 7) is 0. The van der Waals surface area contributed by atoms with Crippen molar-refractivity contribution in [3.63, 3.8) is 0 Å². The maximum atomic E-state index is 10.5. The van der Waals surface area contributed by atoms with E-state index in [4.69, 9.17) is 14.8 Å². The summed E-state index contributed by atoms with van der Waals surface area (Å²) in [6.07, 6.45) is 0. The van der Waals surface area contributed by atoms with Crippen LogP contribution in [-0.4, -0.2) is 25.9 Å². The van der Waals surface area contributed by atoms with Gasteiger partial charge in [-0.05, 0) is 36.4 Å². The maximum absolute atomic E-state index is 10.5. The second-order valence-electron chi connectivity index (χ2n) is 3.99. The molecule has 0 aliphatic heterocycles. The second-order valence-corrected chi connectivity index (χ2v) is 6.56. The minimum Gasteiger partial charge on any atom is -0.399 e. The first-order valence-corrected chi connectivity index (χ1v) is 8.59. The minimum atomic E-state index is -4.13. The summed E-state index contributed by atoms with van der Waals surface area (Å²) in [5.41, 5.74) is 6.09. The number of nitrogens with two attached hydrogens (primary N) is 1. The van der Waals surface area contributed by atoms with Crippen LogP contribution in [0.25, 0.3) is 0 Å². The molecule has 0 heterocycles. The number of benzene rings is 2. The van der Waals surface area contributed by atoms with Crippen LogP contribution in [0.2, 0.25) is 0 Å². The number of anilines is 2. The van der Waals surface area contributed by atoms with Gasteiger partial charge in [0.15, 0.2) is 0 Å². The van der Waals surface area contributed by atoms with Gasteiger partial charge in [0.2, 0.25) is 0 Å². The zero-order chi connectivity index (χ0) is 16.8. The first kappa shape index (κ1) is 17.9. The summed E-state index contributed by atoms with van der Waals surface area (Å²) in [5, 5.41) is 0. The molecular weight excluding hydrogens is 332 g/mol. The molecule has 0 bridgehead atoms. The summed E-state index contributed by atoms with van der Waals surface area (Å²) in [5.74, 6) is 0. The van der Waals surface area contributed by atoms with Crippen molar-refractivity contribution in [3.05, 3.63) is 54.6 Å². The van der Waals surface area contributed by atoms with Crippen LogP contribution >= 0.6 is 0 Å². The van der Waals surface area contributed by atoms with E-state index < -0.39 is 20.4 Å². The van der Waals surface area contributed by atoms with Crippen molar-refractivity contribution in [1.82, 2.24) is 0 Å². The summed E-state index contributed by atoms with van der Waals surface area (Å²) >= 11 is 0. The van der Waals surface area contributed by atoms with Gasteiger partial charge >= 0.3 is 10.3 Å². The van der Waals surface area contributed by atoms with Crippen LogP contribution in [-0.2, 0) is 20.4 Å². The molecule has 2 rings (SSSR count). The van der Waals surface area contributed by atoms with Gasteiger partial charge < -0.3 is 5.73 Å². The van der Waals surface area contributed by atoms with Crippen molar-refractivity contribution >= 4 is 31.8 Å². The predicted octanol–water partition coefficient (Wildman–Crippen LogP) is 1.42. The molecule has 8 nitrogen and oxygen atoms in total. The van der Waals surface area contributed by atoms with Crippen LogP contribution in [0.3, 0.4) is 0 Å². The summed E-state index contributed by atoms with van der Waals surface area (Å²) in [6, 6.07) is 13.4. The van der Waals surface area contributed by atoms with Crippen LogP contribution < -0.4 is 10.5 Å². The Morgan fingerprint density at radius 1 is 0.818 bits per heavy atom. The molecule has 0 aromatic heterocycles. The molecule has 0 fully saturated rings. The topological polar surface area (TPSA) is 147 Å². The Kier molecular flexibility index (Phi) is 5.88. The Labute approximate surface area is 128 Å². The summed E-state index contributed by atoms with van der Waals surface area (Å²) in [7, 11) is -8.20. The van der Waals surface area contributed by atoms with Crippen LogP contribution in [0.1, 0.15) is 0 Å². The molecule has 0 aliphatic rings. The number of hydrogen-bond acceptors (Lipinski definition) is 5. The van der Waals surface area contributed by atoms with Crippen LogP contribution in [0.5, 0.6) is 0 Å². The largest absolute Gasteiger partial charge is 0.399 e. The Bertz CT molecular complexity index is 802. The van der Waals surface area contributed by atoms with Gasteiger partial charge in [-0.2, -0.15) is 16.8 Å². The number of para-hydroxylation sites is 1. The Balaban J connectivity index is 0.000000220. The highest BCUT2D eigenvalue weighted by Crippen LogP contribution is 2.10. The highest BCUT2D eigenvalue weighted by molar-refractivity contribution is 7.87. The number of nitrogen functional groups attached to an aromatic ring is 1. The Morgan fingerprint density at radius 3 is 1.73 bits per heavy atom. The van der Waals surface area contributed by atoms with Gasteiger partial charge in [-0.15, -0.1) is 0 Å². The smallest absolute Gasteiger partial charge is 0.357 e. The van der Waals surface area contributed by atoms with E-state index in [1.54, 1.807) is 18.2 Å². The van der Waals surface area contributed by atoms with E-state index >= 15 is 0 Å². The normalized spacial score (nSPS) is 11.2. The first-order valence-electron chi connectivity index (χ1n) is 5.71. The van der Waals surface area contributed by atoms with Crippen molar-refractivity contribution in [2.75, 3.05) is 10.5 Å². The maximum Gasteiger partial charge on any atom is 0.357 e. The van der Waals surface area contributed by atoms with E-state index in [1.807, 2.05) is 4.72 Å². The lowest BCUT2D eigenvalue weighted by Crippen LogP contribution is -2.09. The fraction of sp³-hybridized carbons (Fsp3) is 0. The molecule has 0 saturated carbocycles. The molecular formula is C12H14N2O6S2. The molecule has 0 saturated heterocycles. The van der Waals surface area contributed by atoms with E-state index in [1.165, 1.54) is 36.4 Å². The van der Waals surface area contributed by atoms with E-state index in [-0.39, 0.29) is 4.90 Å². The lowest BCUT2D eigenvalue weighted by molar-refractivity contribution is 0.482. The zero-order valence-corrected chi connectivity index (χ0v) is 12.8. The molecule has 22 heavy (non-hydrogen) atoms. The van der Waals surface area contributed by atoms with Gasteiger partial charge in [-0.3, -0.25) is 13.8 Å². The van der Waals surface area contributed by atoms with Gasteiger partial charge in [-0.1, -0.05) is 18.2 Å². The van der Waals surface area contributed by atoms with E-state index in [2.05, 4.69) is 0 Å². The van der Waals surface area contributed by atoms with E-state index in [0.717, 1.165) is 0 Å². The predicted molar refractivity (Wildman–Crippen MR) is 82.3 cm³/mol. The molecule has 10 heteroatoms. The van der Waals surface area contributed by atoms with Crippen LogP contribution in [0.4, 0.5) is 11.4 Å². The third kappa shape index (κ3) is 7.04. The van der Waals surface area contributed by atoms with Crippen LogP contribution in [0.15, 0.2) is 59.5 Å². The fourth-order valence-electron chi connectivity index (χ4n) is 1.29. The van der Waals surface area contributed by atoms with Crippen molar-refractivity contribution in [1.29, 1.82) is 0 Å². The summed E-state index contributed by atoms with van der Waals surface area (Å²) < 4.78 is 60.2. The van der Waals surface area contributed by atoms with Gasteiger partial charge in [-0.25, -0.2) is 0 Å². The second kappa shape index (κ2) is 7.22. The fourth-order valence-corrected chi connectivity index (χ4v) is 2.21. The van der Waals surface area contributed by atoms with Crippen LogP contribution in [0, 0.1) is 0 Å². The highest BCUT2D eigenvalue weighted by Gasteiger charge is 2.07. The van der Waals surface area contributed by atoms with E-state index in [9.17, 15) is 16.8 Å². The molecule has 5 N–H and O–H groups in total. The highest BCUT2D eigenvalue weighted by atomic mass is 32.2. The number of nitrogens with one attached hydrogen (secondary N) is 1. The Morgan fingerprint density at radius 2 is 1.32 bits per heavy atom. The third-order valence-corrected chi connectivity index (χ3v) is 3.56. The molecule has 2 aromatic rings. The average molecular weight is 346 g/mol. The molecule has 0 amide bonds. The van der Waals surface area contributed by atoms with Crippen molar-refractivity contribution in [2.24, 2.45) is 0 Å². The quantitative estimate of drug-likeness (QED) is 0.485. The minimum absolute atomic E-state index is 0.147. The van der Waals surface area contributed by atoms with Crippen molar-refractivity contribution in [3.8, 4) is 0 Å². The third-order valence-electron chi connectivity index (χ3n) is 2.20. The van der Waals surface area contributed by atoms with Crippen molar-refractivity contribution < 1.29 is 25.9 Å². The van der Waals surface area contributed by atoms with Gasteiger partial charge in [0.05, 0.1) is 10.6 Å². The average Bonchev–Trinajstić information content (AvgIpc) is 2.38. The molecule has 0 unspecified atom stereocenters. The number of hydrogen-bond donors (Lipinski definition) is 4. The SMILES string of the molecule is Nc1ccc(S(=O)(=O)O)cc1.O=S(=O)(O)Nc1ccccc1. The monoisotopic (exact) mass is 346 g/mol. The Hall–Kier alpha value is -2.14. The molecule has 2 aromatic carbocycles. The van der Waals surface area contributed by atoms with Gasteiger partial charge in [0.25, 0.3) is 10.1 Å². The van der Waals surface area contributed by atoms with Gasteiger partial charge in [0.1, 0.15) is 0 Å². The molecule has 0 radical (unpaired) electrons. The molecule has 0 atom stereocenters. The lowest BCUT2D eigenvalue weighted by Gasteiger charge is -1.99. The first-order chi connectivity index (χ1) is 10.1. The van der Waals surface area contributed by atoms with E-state index in [0.29, 0.717) is 11.4 Å². The standard InChI is InChI=1S/2C6H7NO3S/c7-5-1-3-6(4-2-5)11(8,9)10;8-11(9,10)7-6-4-2-1-3-5-6/h1-4H,7H2,(H,8,9,10);1-5,7H,(H,8,9,10). The molecule has 120 valence electrons. The van der Waals surface area contributed by atoms with Gasteiger partial charge in [0, 0.05) is 5.69 Å². The summed E-state index contributed by atoms with van der Waals surface area (Å²) in [4.78, 5) is -0.147. The molecule has 0 spiro atoms.